The summed E-state index contributed by atoms with van der Waals surface area (Å²) in [5, 5.41) is 0.935. The minimum atomic E-state index is -4.40. The van der Waals surface area contributed by atoms with Crippen molar-refractivity contribution in [2.45, 2.75) is 57.3 Å². The van der Waals surface area contributed by atoms with Crippen LogP contribution in [-0.2, 0) is 19.1 Å². The molecule has 2 atom stereocenters. The van der Waals surface area contributed by atoms with Crippen molar-refractivity contribution < 1.29 is 13.2 Å². The first-order valence-electron chi connectivity index (χ1n) is 11.5. The van der Waals surface area contributed by atoms with Gasteiger partial charge in [-0.1, -0.05) is 35.7 Å². The number of rotatable bonds is 4. The molecule has 2 aromatic carbocycles. The SMILES string of the molecule is FC(F)(F)c1ccc2c(c1)nc(Cc1ccc(Cl)c(Cl)c1)n2C[C@H]1CCCN2CCCC[C@H]12. The topological polar surface area (TPSA) is 21.1 Å². The smallest absolute Gasteiger partial charge is 0.327 e. The van der Waals surface area contributed by atoms with Crippen LogP contribution in [0.5, 0.6) is 0 Å². The second-order valence-corrected chi connectivity index (χ2v) is 10.1. The van der Waals surface area contributed by atoms with Crippen molar-refractivity contribution in [1.29, 1.82) is 0 Å². The molecule has 2 aliphatic heterocycles. The summed E-state index contributed by atoms with van der Waals surface area (Å²) in [6.07, 6.45) is 2.06. The first-order valence-corrected chi connectivity index (χ1v) is 12.3. The number of nitrogens with zero attached hydrogens (tertiary/aromatic N) is 3. The van der Waals surface area contributed by atoms with Crippen LogP contribution in [0.3, 0.4) is 0 Å². The average molecular weight is 496 g/mol. The van der Waals surface area contributed by atoms with Gasteiger partial charge in [0, 0.05) is 19.0 Å². The Kier molecular flexibility index (Phi) is 6.36. The maximum atomic E-state index is 13.3. The highest BCUT2D eigenvalue weighted by molar-refractivity contribution is 6.42. The third kappa shape index (κ3) is 4.75. The molecule has 0 N–H and O–H groups in total. The van der Waals surface area contributed by atoms with Crippen molar-refractivity contribution in [3.63, 3.8) is 0 Å². The quantitative estimate of drug-likeness (QED) is 0.380. The van der Waals surface area contributed by atoms with Gasteiger partial charge in [0.2, 0.25) is 0 Å². The van der Waals surface area contributed by atoms with Crippen molar-refractivity contribution in [1.82, 2.24) is 14.5 Å². The molecule has 0 bridgehead atoms. The van der Waals surface area contributed by atoms with Crippen LogP contribution in [0, 0.1) is 5.92 Å². The molecular weight excluding hydrogens is 470 g/mol. The van der Waals surface area contributed by atoms with Crippen molar-refractivity contribution in [2.75, 3.05) is 13.1 Å². The molecule has 176 valence electrons. The summed E-state index contributed by atoms with van der Waals surface area (Å²) in [6, 6.07) is 9.88. The molecule has 0 amide bonds. The zero-order chi connectivity index (χ0) is 23.2. The van der Waals surface area contributed by atoms with Crippen LogP contribution in [0.25, 0.3) is 11.0 Å². The molecule has 3 aromatic rings. The van der Waals surface area contributed by atoms with E-state index < -0.39 is 11.7 Å². The second kappa shape index (κ2) is 9.12. The molecule has 5 rings (SSSR count). The first-order chi connectivity index (χ1) is 15.8. The van der Waals surface area contributed by atoms with Crippen LogP contribution in [0.2, 0.25) is 10.0 Å². The normalized spacial score (nSPS) is 22.0. The molecule has 3 nitrogen and oxygen atoms in total. The summed E-state index contributed by atoms with van der Waals surface area (Å²) < 4.78 is 42.2. The number of piperidine rings is 2. The van der Waals surface area contributed by atoms with Crippen LogP contribution in [0.1, 0.15) is 49.1 Å². The highest BCUT2D eigenvalue weighted by Crippen LogP contribution is 2.35. The molecule has 0 unspecified atom stereocenters. The largest absolute Gasteiger partial charge is 0.416 e. The van der Waals surface area contributed by atoms with Crippen LogP contribution in [0.4, 0.5) is 13.2 Å². The fourth-order valence-electron chi connectivity index (χ4n) is 5.55. The van der Waals surface area contributed by atoms with Gasteiger partial charge >= 0.3 is 6.18 Å². The molecule has 0 spiro atoms. The summed E-state index contributed by atoms with van der Waals surface area (Å²) in [7, 11) is 0. The van der Waals surface area contributed by atoms with E-state index in [4.69, 9.17) is 23.2 Å². The summed E-state index contributed by atoms with van der Waals surface area (Å²) >= 11 is 12.3. The van der Waals surface area contributed by atoms with E-state index >= 15 is 0 Å². The van der Waals surface area contributed by atoms with E-state index in [0.717, 1.165) is 61.5 Å². The number of fused-ring (bicyclic) bond motifs is 2. The monoisotopic (exact) mass is 495 g/mol. The van der Waals surface area contributed by atoms with Crippen LogP contribution in [0.15, 0.2) is 36.4 Å². The van der Waals surface area contributed by atoms with Gasteiger partial charge in [0.05, 0.1) is 26.6 Å². The average Bonchev–Trinajstić information content (AvgIpc) is 3.12. The number of halogens is 5. The molecule has 33 heavy (non-hydrogen) atoms. The summed E-state index contributed by atoms with van der Waals surface area (Å²) in [4.78, 5) is 7.29. The third-order valence-corrected chi connectivity index (χ3v) is 7.89. The maximum absolute atomic E-state index is 13.3. The van der Waals surface area contributed by atoms with Crippen molar-refractivity contribution in [2.24, 2.45) is 5.92 Å². The Morgan fingerprint density at radius 3 is 2.55 bits per heavy atom. The number of benzene rings is 2. The minimum Gasteiger partial charge on any atom is -0.327 e. The van der Waals surface area contributed by atoms with E-state index in [9.17, 15) is 13.2 Å². The highest BCUT2D eigenvalue weighted by Gasteiger charge is 2.34. The Morgan fingerprint density at radius 1 is 0.939 bits per heavy atom. The molecule has 2 saturated heterocycles. The van der Waals surface area contributed by atoms with Crippen molar-refractivity contribution in [3.05, 3.63) is 63.4 Å². The van der Waals surface area contributed by atoms with Crippen LogP contribution in [-0.4, -0.2) is 33.6 Å². The number of imidazole rings is 1. The molecule has 2 aliphatic rings. The Labute approximate surface area is 201 Å². The molecule has 2 fully saturated rings. The summed E-state index contributed by atoms with van der Waals surface area (Å²) in [5.74, 6) is 1.22. The lowest BCUT2D eigenvalue weighted by Gasteiger charge is -2.44. The number of hydrogen-bond donors (Lipinski definition) is 0. The van der Waals surface area contributed by atoms with Crippen molar-refractivity contribution >= 4 is 34.2 Å². The molecule has 0 radical (unpaired) electrons. The molecule has 1 aromatic heterocycles. The molecule has 8 heteroatoms. The number of hydrogen-bond acceptors (Lipinski definition) is 2. The van der Waals surface area contributed by atoms with Gasteiger partial charge in [-0.3, -0.25) is 0 Å². The molecule has 0 aliphatic carbocycles. The summed E-state index contributed by atoms with van der Waals surface area (Å²) in [5.41, 5.74) is 1.40. The Balaban J connectivity index is 1.53. The number of aromatic nitrogens is 2. The van der Waals surface area contributed by atoms with E-state index in [-0.39, 0.29) is 0 Å². The lowest BCUT2D eigenvalue weighted by molar-refractivity contribution is -0.137. The van der Waals surface area contributed by atoms with Crippen LogP contribution < -0.4 is 0 Å². The number of alkyl halides is 3. The second-order valence-electron chi connectivity index (χ2n) is 9.27. The zero-order valence-corrected chi connectivity index (χ0v) is 19.7. The van der Waals surface area contributed by atoms with Gasteiger partial charge in [-0.15, -0.1) is 0 Å². The predicted octanol–water partition coefficient (Wildman–Crippen LogP) is 7.22. The Bertz CT molecular complexity index is 1160. The molecular formula is C25H26Cl2F3N3. The highest BCUT2D eigenvalue weighted by atomic mass is 35.5. The van der Waals surface area contributed by atoms with Crippen LogP contribution >= 0.6 is 23.2 Å². The van der Waals surface area contributed by atoms with E-state index in [0.29, 0.717) is 33.9 Å². The van der Waals surface area contributed by atoms with Gasteiger partial charge in [-0.25, -0.2) is 4.98 Å². The van der Waals surface area contributed by atoms with Gasteiger partial charge in [-0.2, -0.15) is 13.2 Å². The van der Waals surface area contributed by atoms with Gasteiger partial charge in [-0.05, 0) is 80.6 Å². The minimum absolute atomic E-state index is 0.385. The maximum Gasteiger partial charge on any atom is 0.416 e. The zero-order valence-electron chi connectivity index (χ0n) is 18.2. The van der Waals surface area contributed by atoms with Gasteiger partial charge < -0.3 is 9.47 Å². The van der Waals surface area contributed by atoms with Crippen molar-refractivity contribution in [3.8, 4) is 0 Å². The Morgan fingerprint density at radius 2 is 1.76 bits per heavy atom. The van der Waals surface area contributed by atoms with Gasteiger partial charge in [0.1, 0.15) is 5.82 Å². The van der Waals surface area contributed by atoms with E-state index in [1.165, 1.54) is 19.3 Å². The lowest BCUT2D eigenvalue weighted by Crippen LogP contribution is -2.49. The Hall–Kier alpha value is -1.76. The summed E-state index contributed by atoms with van der Waals surface area (Å²) in [6.45, 7) is 3.06. The molecule has 0 saturated carbocycles. The van der Waals surface area contributed by atoms with E-state index in [1.54, 1.807) is 18.2 Å². The van der Waals surface area contributed by atoms with E-state index in [2.05, 4.69) is 14.5 Å². The predicted molar refractivity (Wildman–Crippen MR) is 126 cm³/mol. The third-order valence-electron chi connectivity index (χ3n) is 7.15. The van der Waals surface area contributed by atoms with Gasteiger partial charge in [0.25, 0.3) is 0 Å². The first kappa shape index (κ1) is 23.0. The molecule has 3 heterocycles. The van der Waals surface area contributed by atoms with Gasteiger partial charge in [0.15, 0.2) is 0 Å². The lowest BCUT2D eigenvalue weighted by atomic mass is 9.83. The standard InChI is InChI=1S/C25H26Cl2F3N3/c26-19-8-6-16(12-20(19)27)13-24-31-21-14-18(25(28,29)30)7-9-23(21)33(24)15-17-4-3-11-32-10-2-1-5-22(17)32/h6-9,12,14,17,22H,1-5,10-11,13,15H2/t17-,22-/m1/s1. The fourth-order valence-corrected chi connectivity index (χ4v) is 5.87. The van der Waals surface area contributed by atoms with E-state index in [1.807, 2.05) is 6.07 Å². The fraction of sp³-hybridized carbons (Fsp3) is 0.480.